The van der Waals surface area contributed by atoms with Crippen LogP contribution in [0.3, 0.4) is 0 Å². The molecule has 1 saturated heterocycles. The summed E-state index contributed by atoms with van der Waals surface area (Å²) in [6, 6.07) is 4.10. The lowest BCUT2D eigenvalue weighted by atomic mass is 10.1. The van der Waals surface area contributed by atoms with Gasteiger partial charge >= 0.3 is 12.0 Å². The van der Waals surface area contributed by atoms with Crippen LogP contribution in [-0.4, -0.2) is 57.9 Å². The highest BCUT2D eigenvalue weighted by atomic mass is 35.5. The van der Waals surface area contributed by atoms with Gasteiger partial charge < -0.3 is 19.5 Å². The van der Waals surface area contributed by atoms with Gasteiger partial charge in [-0.15, -0.1) is 0 Å². The average Bonchev–Trinajstić information content (AvgIpc) is 3.12. The summed E-state index contributed by atoms with van der Waals surface area (Å²) in [6.45, 7) is 3.98. The van der Waals surface area contributed by atoms with E-state index < -0.39 is 17.4 Å². The van der Waals surface area contributed by atoms with Crippen molar-refractivity contribution in [3.05, 3.63) is 29.0 Å². The van der Waals surface area contributed by atoms with Gasteiger partial charge in [0.15, 0.2) is 5.82 Å². The van der Waals surface area contributed by atoms with Gasteiger partial charge in [-0.05, 0) is 44.9 Å². The van der Waals surface area contributed by atoms with Gasteiger partial charge in [0.05, 0.1) is 17.7 Å². The molecule has 1 aliphatic rings. The van der Waals surface area contributed by atoms with Gasteiger partial charge in [0.2, 0.25) is 11.5 Å². The van der Waals surface area contributed by atoms with Gasteiger partial charge in [-0.1, -0.05) is 11.6 Å². The van der Waals surface area contributed by atoms with Crippen molar-refractivity contribution in [2.24, 2.45) is 0 Å². The number of anilines is 1. The Bertz CT molecular complexity index is 912. The van der Waals surface area contributed by atoms with E-state index >= 15 is 0 Å². The third-order valence-electron chi connectivity index (χ3n) is 4.64. The molecule has 0 radical (unpaired) electrons. The molecule has 1 aromatic heterocycles. The Hall–Kier alpha value is -2.52. The third kappa shape index (κ3) is 4.73. The number of carbonyl (C=O) groups is 1. The molecule has 2 aromatic rings. The molecule has 0 saturated carbocycles. The Morgan fingerprint density at radius 1 is 1.38 bits per heavy atom. The first kappa shape index (κ1) is 21.2. The van der Waals surface area contributed by atoms with Gasteiger partial charge in [0.1, 0.15) is 5.82 Å². The van der Waals surface area contributed by atoms with Crippen molar-refractivity contribution in [3.63, 3.8) is 0 Å². The van der Waals surface area contributed by atoms with Crippen molar-refractivity contribution in [3.8, 4) is 17.4 Å². The number of benzene rings is 1. The predicted octanol–water partition coefficient (Wildman–Crippen LogP) is 3.19. The van der Waals surface area contributed by atoms with Crippen molar-refractivity contribution < 1.29 is 23.8 Å². The van der Waals surface area contributed by atoms with Crippen molar-refractivity contribution in [2.75, 3.05) is 25.2 Å². The van der Waals surface area contributed by atoms with Crippen LogP contribution in [0.25, 0.3) is 11.4 Å². The number of carboxylic acid groups (broad SMARTS) is 1. The highest BCUT2D eigenvalue weighted by Gasteiger charge is 2.33. The fraction of sp³-hybridized carbons (Fsp3) is 0.474. The van der Waals surface area contributed by atoms with Crippen molar-refractivity contribution >= 4 is 23.5 Å². The monoisotopic (exact) mass is 424 g/mol. The molecule has 0 amide bonds. The zero-order valence-electron chi connectivity index (χ0n) is 16.4. The number of hydrogen-bond donors (Lipinski definition) is 1. The molecular formula is C19H22ClFN4O4. The van der Waals surface area contributed by atoms with E-state index in [4.69, 9.17) is 21.1 Å². The molecular weight excluding hydrogens is 403 g/mol. The zero-order valence-corrected chi connectivity index (χ0v) is 17.1. The molecule has 0 aliphatic carbocycles. The minimum atomic E-state index is -1.56. The summed E-state index contributed by atoms with van der Waals surface area (Å²) >= 11 is 5.77. The Kier molecular flexibility index (Phi) is 6.18. The average molecular weight is 425 g/mol. The number of nitrogens with zero attached hydrogens (tertiary/aromatic N) is 4. The number of methoxy groups -OCH3 is 1. The minimum Gasteiger partial charge on any atom is -0.478 e. The van der Waals surface area contributed by atoms with Crippen LogP contribution in [0, 0.1) is 5.82 Å². The summed E-state index contributed by atoms with van der Waals surface area (Å²) in [5, 5.41) is 9.34. The van der Waals surface area contributed by atoms with Crippen LogP contribution in [-0.2, 0) is 9.53 Å². The summed E-state index contributed by atoms with van der Waals surface area (Å²) in [7, 11) is 1.62. The van der Waals surface area contributed by atoms with Gasteiger partial charge in [-0.2, -0.15) is 15.0 Å². The normalized spacial score (nSPS) is 16.9. The third-order valence-corrected chi connectivity index (χ3v) is 4.94. The van der Waals surface area contributed by atoms with Gasteiger partial charge in [-0.3, -0.25) is 0 Å². The molecule has 1 aliphatic heterocycles. The smallest absolute Gasteiger partial charge is 0.347 e. The molecule has 29 heavy (non-hydrogen) atoms. The second kappa shape index (κ2) is 8.46. The molecule has 3 rings (SSSR count). The Morgan fingerprint density at radius 3 is 2.79 bits per heavy atom. The molecule has 10 heteroatoms. The van der Waals surface area contributed by atoms with Crippen LogP contribution in [0.2, 0.25) is 5.02 Å². The number of rotatable bonds is 7. The van der Waals surface area contributed by atoms with E-state index in [9.17, 15) is 14.3 Å². The second-order valence-electron chi connectivity index (χ2n) is 7.23. The lowest BCUT2D eigenvalue weighted by Crippen LogP contribution is -2.39. The van der Waals surface area contributed by atoms with Gasteiger partial charge in [0, 0.05) is 19.2 Å². The number of carboxylic acids is 1. The van der Waals surface area contributed by atoms with Crippen LogP contribution in [0.15, 0.2) is 18.2 Å². The maximum absolute atomic E-state index is 14.0. The zero-order chi connectivity index (χ0) is 21.2. The first-order valence-electron chi connectivity index (χ1n) is 9.11. The highest BCUT2D eigenvalue weighted by molar-refractivity contribution is 6.30. The summed E-state index contributed by atoms with van der Waals surface area (Å²) in [4.78, 5) is 26.4. The van der Waals surface area contributed by atoms with E-state index in [-0.39, 0.29) is 22.9 Å². The van der Waals surface area contributed by atoms with Crippen molar-refractivity contribution in [2.45, 2.75) is 38.3 Å². The number of aromatic nitrogens is 3. The summed E-state index contributed by atoms with van der Waals surface area (Å²) in [5.41, 5.74) is -1.19. The van der Waals surface area contributed by atoms with Crippen LogP contribution >= 0.6 is 11.6 Å². The van der Waals surface area contributed by atoms with Crippen LogP contribution in [0.4, 0.5) is 10.3 Å². The molecule has 8 nitrogen and oxygen atoms in total. The lowest BCUT2D eigenvalue weighted by Gasteiger charge is -2.25. The Labute approximate surface area is 172 Å². The summed E-state index contributed by atoms with van der Waals surface area (Å²) in [6.07, 6.45) is 1.84. The molecule has 156 valence electrons. The summed E-state index contributed by atoms with van der Waals surface area (Å²) < 4.78 is 24.8. The van der Waals surface area contributed by atoms with Crippen LogP contribution < -0.4 is 9.64 Å². The molecule has 0 spiro atoms. The van der Waals surface area contributed by atoms with Gasteiger partial charge in [-0.25, -0.2) is 9.18 Å². The first-order chi connectivity index (χ1) is 13.7. The standard InChI is InChI=1S/C19H22ClFN4O4/c1-19(2,16(26)27)29-18-23-15(11-6-7-13(20)14(21)9-11)22-17(24-18)25-8-4-5-12(25)10-28-3/h6-7,9,12H,4-5,8,10H2,1-3H3,(H,26,27)/t12-/m0/s1. The van der Waals surface area contributed by atoms with E-state index in [2.05, 4.69) is 15.0 Å². The van der Waals surface area contributed by atoms with E-state index in [0.717, 1.165) is 12.8 Å². The van der Waals surface area contributed by atoms with Crippen LogP contribution in [0.1, 0.15) is 26.7 Å². The fourth-order valence-electron chi connectivity index (χ4n) is 3.02. The quantitative estimate of drug-likeness (QED) is 0.723. The molecule has 1 N–H and O–H groups in total. The van der Waals surface area contributed by atoms with Gasteiger partial charge in [0.25, 0.3) is 0 Å². The van der Waals surface area contributed by atoms with Crippen LogP contribution in [0.5, 0.6) is 6.01 Å². The number of ether oxygens (including phenoxy) is 2. The van der Waals surface area contributed by atoms with Crippen molar-refractivity contribution in [1.82, 2.24) is 15.0 Å². The first-order valence-corrected chi connectivity index (χ1v) is 9.48. The van der Waals surface area contributed by atoms with Crippen molar-refractivity contribution in [1.29, 1.82) is 0 Å². The molecule has 1 atom stereocenters. The maximum Gasteiger partial charge on any atom is 0.347 e. The lowest BCUT2D eigenvalue weighted by molar-refractivity contribution is -0.152. The molecule has 1 aromatic carbocycles. The van der Waals surface area contributed by atoms with E-state index in [1.165, 1.54) is 26.0 Å². The maximum atomic E-state index is 14.0. The topological polar surface area (TPSA) is 97.7 Å². The predicted molar refractivity (Wildman–Crippen MR) is 105 cm³/mol. The largest absolute Gasteiger partial charge is 0.478 e. The number of hydrogen-bond acceptors (Lipinski definition) is 7. The fourth-order valence-corrected chi connectivity index (χ4v) is 3.14. The van der Waals surface area contributed by atoms with E-state index in [0.29, 0.717) is 24.7 Å². The molecule has 2 heterocycles. The Balaban J connectivity index is 2.06. The Morgan fingerprint density at radius 2 is 2.14 bits per heavy atom. The minimum absolute atomic E-state index is 0.0220. The number of halogens is 2. The highest BCUT2D eigenvalue weighted by Crippen LogP contribution is 2.29. The summed E-state index contributed by atoms with van der Waals surface area (Å²) in [5.74, 6) is -1.30. The van der Waals surface area contributed by atoms with E-state index in [1.807, 2.05) is 4.90 Å². The van der Waals surface area contributed by atoms with E-state index in [1.54, 1.807) is 13.2 Å². The molecule has 0 unspecified atom stereocenters. The SMILES string of the molecule is COC[C@@H]1CCCN1c1nc(OC(C)(C)C(=O)O)nc(-c2ccc(Cl)c(F)c2)n1. The molecule has 1 fully saturated rings. The second-order valence-corrected chi connectivity index (χ2v) is 7.64. The molecule has 0 bridgehead atoms. The number of aliphatic carboxylic acids is 1.